The number of fused-ring (bicyclic) bond motifs is 3. The molecule has 1 aliphatic rings. The van der Waals surface area contributed by atoms with E-state index in [4.69, 9.17) is 9.47 Å². The minimum Gasteiger partial charge on any atom is -0.493 e. The van der Waals surface area contributed by atoms with Crippen molar-refractivity contribution in [2.45, 2.75) is 12.8 Å². The molecule has 1 aliphatic carbocycles. The van der Waals surface area contributed by atoms with E-state index in [9.17, 15) is 0 Å². The Bertz CT molecular complexity index is 952. The fourth-order valence-electron chi connectivity index (χ4n) is 3.40. The van der Waals surface area contributed by atoms with Crippen LogP contribution in [0.5, 0.6) is 11.5 Å². The van der Waals surface area contributed by atoms with Crippen molar-refractivity contribution in [3.63, 3.8) is 0 Å². The highest BCUT2D eigenvalue weighted by Crippen LogP contribution is 2.50. The minimum absolute atomic E-state index is 0.207. The van der Waals surface area contributed by atoms with Crippen LogP contribution in [0.3, 0.4) is 0 Å². The molecule has 2 N–H and O–H groups in total. The number of halogens is 1. The number of rotatable bonds is 4. The van der Waals surface area contributed by atoms with Crippen LogP contribution in [-0.4, -0.2) is 24.4 Å². The summed E-state index contributed by atoms with van der Waals surface area (Å²) in [4.78, 5) is 0. The highest BCUT2D eigenvalue weighted by molar-refractivity contribution is 9.10. The summed E-state index contributed by atoms with van der Waals surface area (Å²) in [5.41, 5.74) is 5.39. The molecule has 0 bridgehead atoms. The van der Waals surface area contributed by atoms with Gasteiger partial charge in [-0.05, 0) is 35.9 Å². The topological polar surface area (TPSA) is 59.2 Å². The lowest BCUT2D eigenvalue weighted by atomic mass is 9.99. The van der Waals surface area contributed by atoms with Gasteiger partial charge in [0.25, 0.3) is 0 Å². The molecule has 0 saturated heterocycles. The molecular formula is C19H18BrN3O2. The predicted octanol–water partition coefficient (Wildman–Crippen LogP) is 5.07. The van der Waals surface area contributed by atoms with Gasteiger partial charge in [-0.25, -0.2) is 0 Å². The number of anilines is 2. The van der Waals surface area contributed by atoms with Gasteiger partial charge in [0.15, 0.2) is 11.5 Å². The maximum Gasteiger partial charge on any atom is 0.161 e. The van der Waals surface area contributed by atoms with E-state index in [0.717, 1.165) is 38.5 Å². The summed E-state index contributed by atoms with van der Waals surface area (Å²) in [5.74, 6) is 2.57. The van der Waals surface area contributed by atoms with Gasteiger partial charge in [-0.15, -0.1) is 0 Å². The van der Waals surface area contributed by atoms with Gasteiger partial charge < -0.3 is 14.8 Å². The Morgan fingerprint density at radius 1 is 1.12 bits per heavy atom. The molecule has 1 aromatic heterocycles. The van der Waals surface area contributed by atoms with Crippen LogP contribution in [0.4, 0.5) is 11.5 Å². The van der Waals surface area contributed by atoms with Crippen molar-refractivity contribution in [2.24, 2.45) is 0 Å². The van der Waals surface area contributed by atoms with Crippen molar-refractivity contribution in [1.29, 1.82) is 0 Å². The third kappa shape index (κ3) is 2.57. The zero-order valence-electron chi connectivity index (χ0n) is 14.2. The molecule has 0 radical (unpaired) electrons. The van der Waals surface area contributed by atoms with E-state index in [1.807, 2.05) is 36.4 Å². The van der Waals surface area contributed by atoms with E-state index < -0.39 is 0 Å². The Labute approximate surface area is 154 Å². The maximum absolute atomic E-state index is 5.45. The van der Waals surface area contributed by atoms with Crippen LogP contribution >= 0.6 is 15.9 Å². The standard InChI is InChI=1S/C19H18BrN3O2/c1-10-13-8-15(24-2)16(25-3)9-14(13)18-17(10)19(23-22-18)21-12-6-4-5-11(20)7-12/h4-10H,1-3H3,(H2,21,22,23)/t10-/m0/s1. The highest BCUT2D eigenvalue weighted by atomic mass is 79.9. The average Bonchev–Trinajstić information content (AvgIpc) is 3.14. The van der Waals surface area contributed by atoms with Crippen molar-refractivity contribution < 1.29 is 9.47 Å². The van der Waals surface area contributed by atoms with E-state index in [0.29, 0.717) is 5.75 Å². The lowest BCUT2D eigenvalue weighted by Crippen LogP contribution is -1.98. The lowest BCUT2D eigenvalue weighted by molar-refractivity contribution is 0.354. The van der Waals surface area contributed by atoms with E-state index in [1.54, 1.807) is 14.2 Å². The second-order valence-corrected chi connectivity index (χ2v) is 6.93. The number of aromatic nitrogens is 2. The SMILES string of the molecule is COc1cc2c(cc1OC)[C@H](C)c1c-2n[nH]c1Nc1cccc(Br)c1. The first-order valence-electron chi connectivity index (χ1n) is 7.99. The lowest BCUT2D eigenvalue weighted by Gasteiger charge is -2.13. The molecule has 2 aromatic carbocycles. The number of nitrogens with zero attached hydrogens (tertiary/aromatic N) is 1. The normalized spacial score (nSPS) is 14.8. The molecule has 4 rings (SSSR count). The second-order valence-electron chi connectivity index (χ2n) is 6.01. The number of hydrogen-bond acceptors (Lipinski definition) is 4. The number of ether oxygens (including phenoxy) is 2. The quantitative estimate of drug-likeness (QED) is 0.643. The van der Waals surface area contributed by atoms with Gasteiger partial charge in [0.05, 0.1) is 19.9 Å². The molecule has 0 aliphatic heterocycles. The molecule has 1 heterocycles. The Kier molecular flexibility index (Phi) is 3.92. The molecule has 0 saturated carbocycles. The Morgan fingerprint density at radius 3 is 2.60 bits per heavy atom. The van der Waals surface area contributed by atoms with E-state index in [1.165, 1.54) is 5.56 Å². The Balaban J connectivity index is 1.77. The summed E-state index contributed by atoms with van der Waals surface area (Å²) in [5, 5.41) is 11.1. The number of nitrogens with one attached hydrogen (secondary N) is 2. The molecular weight excluding hydrogens is 382 g/mol. The minimum atomic E-state index is 0.207. The van der Waals surface area contributed by atoms with Crippen molar-refractivity contribution in [2.75, 3.05) is 19.5 Å². The Hall–Kier alpha value is -2.47. The summed E-state index contributed by atoms with van der Waals surface area (Å²) >= 11 is 3.50. The van der Waals surface area contributed by atoms with Crippen molar-refractivity contribution >= 4 is 27.4 Å². The molecule has 5 nitrogen and oxygen atoms in total. The number of H-pyrrole nitrogens is 1. The first-order chi connectivity index (χ1) is 12.1. The number of hydrogen-bond donors (Lipinski definition) is 2. The van der Waals surface area contributed by atoms with Crippen LogP contribution in [0, 0.1) is 0 Å². The summed E-state index contributed by atoms with van der Waals surface area (Å²) in [7, 11) is 3.30. The van der Waals surface area contributed by atoms with Crippen LogP contribution in [0.1, 0.15) is 24.0 Å². The monoisotopic (exact) mass is 399 g/mol. The molecule has 128 valence electrons. The van der Waals surface area contributed by atoms with Gasteiger partial charge in [0, 0.05) is 27.2 Å². The van der Waals surface area contributed by atoms with E-state index >= 15 is 0 Å². The largest absolute Gasteiger partial charge is 0.493 e. The van der Waals surface area contributed by atoms with Crippen LogP contribution in [0.15, 0.2) is 40.9 Å². The van der Waals surface area contributed by atoms with E-state index in [2.05, 4.69) is 38.4 Å². The summed E-state index contributed by atoms with van der Waals surface area (Å²) in [6.07, 6.45) is 0. The molecule has 0 amide bonds. The van der Waals surface area contributed by atoms with Gasteiger partial charge in [-0.2, -0.15) is 5.10 Å². The fraction of sp³-hybridized carbons (Fsp3) is 0.211. The van der Waals surface area contributed by atoms with Crippen LogP contribution in [-0.2, 0) is 0 Å². The van der Waals surface area contributed by atoms with Crippen molar-refractivity contribution in [3.05, 3.63) is 52.0 Å². The van der Waals surface area contributed by atoms with Crippen molar-refractivity contribution in [1.82, 2.24) is 10.2 Å². The Morgan fingerprint density at radius 2 is 1.88 bits per heavy atom. The van der Waals surface area contributed by atoms with Crippen molar-refractivity contribution in [3.8, 4) is 22.8 Å². The van der Waals surface area contributed by atoms with Gasteiger partial charge in [-0.1, -0.05) is 28.9 Å². The van der Waals surface area contributed by atoms with Gasteiger partial charge >= 0.3 is 0 Å². The molecule has 0 spiro atoms. The summed E-state index contributed by atoms with van der Waals surface area (Å²) in [6, 6.07) is 12.1. The van der Waals surface area contributed by atoms with Gasteiger partial charge in [0.2, 0.25) is 0 Å². The molecule has 0 unspecified atom stereocenters. The third-order valence-corrected chi connectivity index (χ3v) is 5.10. The average molecular weight is 400 g/mol. The van der Waals surface area contributed by atoms with Crippen LogP contribution in [0.25, 0.3) is 11.3 Å². The van der Waals surface area contributed by atoms with Gasteiger partial charge in [-0.3, -0.25) is 5.10 Å². The zero-order valence-corrected chi connectivity index (χ0v) is 15.8. The number of benzene rings is 2. The maximum atomic E-state index is 5.45. The molecule has 1 atom stereocenters. The summed E-state index contributed by atoms with van der Waals surface area (Å²) < 4.78 is 11.9. The van der Waals surface area contributed by atoms with E-state index in [-0.39, 0.29) is 5.92 Å². The fourth-order valence-corrected chi connectivity index (χ4v) is 3.80. The molecule has 6 heteroatoms. The highest BCUT2D eigenvalue weighted by Gasteiger charge is 2.32. The predicted molar refractivity (Wildman–Crippen MR) is 102 cm³/mol. The van der Waals surface area contributed by atoms with Gasteiger partial charge in [0.1, 0.15) is 5.82 Å². The zero-order chi connectivity index (χ0) is 17.6. The summed E-state index contributed by atoms with van der Waals surface area (Å²) in [6.45, 7) is 2.18. The molecule has 0 fully saturated rings. The number of aromatic amines is 1. The van der Waals surface area contributed by atoms with Crippen LogP contribution < -0.4 is 14.8 Å². The van der Waals surface area contributed by atoms with Crippen LogP contribution in [0.2, 0.25) is 0 Å². The second kappa shape index (κ2) is 6.11. The smallest absolute Gasteiger partial charge is 0.161 e. The first kappa shape index (κ1) is 16.0. The molecule has 25 heavy (non-hydrogen) atoms. The molecule has 3 aromatic rings. The first-order valence-corrected chi connectivity index (χ1v) is 8.78. The third-order valence-electron chi connectivity index (χ3n) is 4.61. The number of methoxy groups -OCH3 is 2.